The van der Waals surface area contributed by atoms with Gasteiger partial charge in [0.1, 0.15) is 0 Å². The lowest BCUT2D eigenvalue weighted by Gasteiger charge is -2.14. The highest BCUT2D eigenvalue weighted by molar-refractivity contribution is 5.91. The monoisotopic (exact) mass is 276 g/mol. The van der Waals surface area contributed by atoms with Gasteiger partial charge in [0.2, 0.25) is 5.76 Å². The van der Waals surface area contributed by atoms with Crippen LogP contribution in [-0.2, 0) is 13.0 Å². The number of hydrogen-bond acceptors (Lipinski definition) is 4. The number of rotatable bonds is 5. The Labute approximate surface area is 118 Å². The SMILES string of the molecule is Cc1[nH]ncc1CN(C)C(=O)c1cc(CC(C)C)no1. The quantitative estimate of drug-likeness (QED) is 0.908. The van der Waals surface area contributed by atoms with Crippen molar-refractivity contribution in [1.82, 2.24) is 20.3 Å². The van der Waals surface area contributed by atoms with Crippen molar-refractivity contribution in [3.8, 4) is 0 Å². The number of carbonyl (C=O) groups is 1. The topological polar surface area (TPSA) is 75.0 Å². The number of amides is 1. The van der Waals surface area contributed by atoms with Crippen LogP contribution in [0, 0.1) is 12.8 Å². The van der Waals surface area contributed by atoms with E-state index in [2.05, 4.69) is 29.2 Å². The minimum absolute atomic E-state index is 0.173. The molecule has 0 radical (unpaired) electrons. The van der Waals surface area contributed by atoms with Gasteiger partial charge in [0.15, 0.2) is 0 Å². The molecule has 6 heteroatoms. The van der Waals surface area contributed by atoms with Crippen molar-refractivity contribution in [3.63, 3.8) is 0 Å². The number of aromatic nitrogens is 3. The summed E-state index contributed by atoms with van der Waals surface area (Å²) in [7, 11) is 1.74. The van der Waals surface area contributed by atoms with Crippen LogP contribution in [0.5, 0.6) is 0 Å². The van der Waals surface area contributed by atoms with Crippen LogP contribution in [0.1, 0.15) is 41.4 Å². The summed E-state index contributed by atoms with van der Waals surface area (Å²) in [6.07, 6.45) is 2.53. The lowest BCUT2D eigenvalue weighted by atomic mass is 10.1. The fraction of sp³-hybridized carbons (Fsp3) is 0.500. The Balaban J connectivity index is 2.03. The van der Waals surface area contributed by atoms with Crippen molar-refractivity contribution in [1.29, 1.82) is 0 Å². The summed E-state index contributed by atoms with van der Waals surface area (Å²) < 4.78 is 5.13. The Hall–Kier alpha value is -2.11. The zero-order valence-electron chi connectivity index (χ0n) is 12.3. The van der Waals surface area contributed by atoms with Gasteiger partial charge in [-0.25, -0.2) is 0 Å². The van der Waals surface area contributed by atoms with E-state index in [-0.39, 0.29) is 11.7 Å². The molecule has 108 valence electrons. The molecule has 6 nitrogen and oxygen atoms in total. The molecule has 2 heterocycles. The minimum Gasteiger partial charge on any atom is -0.351 e. The van der Waals surface area contributed by atoms with Crippen LogP contribution >= 0.6 is 0 Å². The van der Waals surface area contributed by atoms with E-state index in [1.54, 1.807) is 24.2 Å². The van der Waals surface area contributed by atoms with Gasteiger partial charge < -0.3 is 9.42 Å². The number of aryl methyl sites for hydroxylation is 1. The third kappa shape index (κ3) is 3.26. The average Bonchev–Trinajstić information content (AvgIpc) is 2.98. The number of H-pyrrole nitrogens is 1. The number of nitrogens with zero attached hydrogens (tertiary/aromatic N) is 3. The molecule has 0 aliphatic heterocycles. The van der Waals surface area contributed by atoms with Crippen LogP contribution in [0.2, 0.25) is 0 Å². The van der Waals surface area contributed by atoms with Crippen molar-refractivity contribution in [2.75, 3.05) is 7.05 Å². The molecular formula is C14H20N4O2. The summed E-state index contributed by atoms with van der Waals surface area (Å²) >= 11 is 0. The van der Waals surface area contributed by atoms with Crippen molar-refractivity contribution >= 4 is 5.91 Å². The summed E-state index contributed by atoms with van der Waals surface area (Å²) in [5, 5.41) is 10.7. The van der Waals surface area contributed by atoms with Gasteiger partial charge in [-0.2, -0.15) is 5.10 Å². The first kappa shape index (κ1) is 14.3. The molecule has 2 aromatic rings. The maximum Gasteiger partial charge on any atom is 0.292 e. The largest absolute Gasteiger partial charge is 0.351 e. The van der Waals surface area contributed by atoms with Crippen LogP contribution < -0.4 is 0 Å². The van der Waals surface area contributed by atoms with Gasteiger partial charge in [-0.1, -0.05) is 19.0 Å². The van der Waals surface area contributed by atoms with Gasteiger partial charge in [-0.15, -0.1) is 0 Å². The van der Waals surface area contributed by atoms with Crippen LogP contribution in [0.3, 0.4) is 0 Å². The Morgan fingerprint density at radius 2 is 2.25 bits per heavy atom. The third-order valence-electron chi connectivity index (χ3n) is 3.08. The summed E-state index contributed by atoms with van der Waals surface area (Å²) in [4.78, 5) is 13.8. The normalized spacial score (nSPS) is 11.1. The molecule has 0 spiro atoms. The number of nitrogens with one attached hydrogen (secondary N) is 1. The van der Waals surface area contributed by atoms with Crippen molar-refractivity contribution < 1.29 is 9.32 Å². The van der Waals surface area contributed by atoms with E-state index >= 15 is 0 Å². The summed E-state index contributed by atoms with van der Waals surface area (Å²) in [5.74, 6) is 0.590. The van der Waals surface area contributed by atoms with Gasteiger partial charge >= 0.3 is 0 Å². The van der Waals surface area contributed by atoms with E-state index in [9.17, 15) is 4.79 Å². The van der Waals surface area contributed by atoms with E-state index < -0.39 is 0 Å². The van der Waals surface area contributed by atoms with Crippen molar-refractivity contribution in [3.05, 3.63) is 35.0 Å². The molecule has 2 rings (SSSR count). The van der Waals surface area contributed by atoms with Gasteiger partial charge in [0.25, 0.3) is 5.91 Å². The maximum absolute atomic E-state index is 12.2. The molecule has 0 saturated carbocycles. The van der Waals surface area contributed by atoms with E-state index in [1.165, 1.54) is 0 Å². The Morgan fingerprint density at radius 1 is 1.50 bits per heavy atom. The van der Waals surface area contributed by atoms with Gasteiger partial charge in [-0.05, 0) is 19.3 Å². The lowest BCUT2D eigenvalue weighted by Crippen LogP contribution is -2.25. The second-order valence-corrected chi connectivity index (χ2v) is 5.46. The molecule has 1 N–H and O–H groups in total. The summed E-state index contributed by atoms with van der Waals surface area (Å²) in [6, 6.07) is 1.72. The van der Waals surface area contributed by atoms with Crippen molar-refractivity contribution in [2.24, 2.45) is 5.92 Å². The predicted octanol–water partition coefficient (Wildman–Crippen LogP) is 2.18. The van der Waals surface area contributed by atoms with E-state index in [0.29, 0.717) is 12.5 Å². The van der Waals surface area contributed by atoms with Crippen LogP contribution in [0.25, 0.3) is 0 Å². The summed E-state index contributed by atoms with van der Waals surface area (Å²) in [6.45, 7) is 6.62. The molecule has 2 aromatic heterocycles. The second kappa shape index (κ2) is 5.90. The highest BCUT2D eigenvalue weighted by atomic mass is 16.5. The Kier molecular flexibility index (Phi) is 4.22. The third-order valence-corrected chi connectivity index (χ3v) is 3.08. The molecule has 0 bridgehead atoms. The molecule has 0 unspecified atom stereocenters. The molecular weight excluding hydrogens is 256 g/mol. The zero-order valence-corrected chi connectivity index (χ0v) is 12.3. The van der Waals surface area contributed by atoms with E-state index in [1.807, 2.05) is 6.92 Å². The molecule has 0 aliphatic carbocycles. The second-order valence-electron chi connectivity index (χ2n) is 5.46. The summed E-state index contributed by atoms with van der Waals surface area (Å²) in [5.41, 5.74) is 2.77. The molecule has 0 aliphatic rings. The molecule has 0 atom stereocenters. The highest BCUT2D eigenvalue weighted by Crippen LogP contribution is 2.13. The lowest BCUT2D eigenvalue weighted by molar-refractivity contribution is 0.0743. The Bertz CT molecular complexity index is 586. The van der Waals surface area contributed by atoms with E-state index in [0.717, 1.165) is 23.4 Å². The van der Waals surface area contributed by atoms with E-state index in [4.69, 9.17) is 4.52 Å². The van der Waals surface area contributed by atoms with Gasteiger partial charge in [-0.3, -0.25) is 9.89 Å². The highest BCUT2D eigenvalue weighted by Gasteiger charge is 2.19. The number of hydrogen-bond donors (Lipinski definition) is 1. The maximum atomic E-state index is 12.2. The molecule has 20 heavy (non-hydrogen) atoms. The first-order valence-electron chi connectivity index (χ1n) is 6.67. The molecule has 1 amide bonds. The average molecular weight is 276 g/mol. The predicted molar refractivity (Wildman–Crippen MR) is 74.2 cm³/mol. The smallest absolute Gasteiger partial charge is 0.292 e. The minimum atomic E-state index is -0.173. The van der Waals surface area contributed by atoms with Gasteiger partial charge in [0.05, 0.1) is 11.9 Å². The number of aromatic amines is 1. The van der Waals surface area contributed by atoms with Gasteiger partial charge in [0, 0.05) is 30.9 Å². The van der Waals surface area contributed by atoms with Crippen molar-refractivity contribution in [2.45, 2.75) is 33.7 Å². The Morgan fingerprint density at radius 3 is 2.85 bits per heavy atom. The fourth-order valence-corrected chi connectivity index (χ4v) is 1.98. The fourth-order valence-electron chi connectivity index (χ4n) is 1.98. The zero-order chi connectivity index (χ0) is 14.7. The van der Waals surface area contributed by atoms with Crippen LogP contribution in [0.4, 0.5) is 0 Å². The molecule has 0 saturated heterocycles. The van der Waals surface area contributed by atoms with Crippen LogP contribution in [0.15, 0.2) is 16.8 Å². The number of carbonyl (C=O) groups excluding carboxylic acids is 1. The first-order valence-corrected chi connectivity index (χ1v) is 6.67. The molecule has 0 fully saturated rings. The molecule has 0 aromatic carbocycles. The van der Waals surface area contributed by atoms with Crippen LogP contribution in [-0.4, -0.2) is 33.2 Å². The first-order chi connectivity index (χ1) is 9.47. The standard InChI is InChI=1S/C14H20N4O2/c1-9(2)5-12-6-13(20-17-12)14(19)18(4)8-11-7-15-16-10(11)3/h6-7,9H,5,8H2,1-4H3,(H,15,16).